The van der Waals surface area contributed by atoms with Gasteiger partial charge in [-0.25, -0.2) is 0 Å². The van der Waals surface area contributed by atoms with Gasteiger partial charge in [0.05, 0.1) is 5.92 Å². The van der Waals surface area contributed by atoms with Crippen molar-refractivity contribution in [1.82, 2.24) is 15.1 Å². The molecule has 0 bridgehead atoms. The first-order valence-electron chi connectivity index (χ1n) is 8.44. The largest absolute Gasteiger partial charge is 0.342 e. The van der Waals surface area contributed by atoms with E-state index in [2.05, 4.69) is 22.0 Å². The Bertz CT molecular complexity index is 335. The van der Waals surface area contributed by atoms with Crippen LogP contribution in [0.2, 0.25) is 0 Å². The number of nitrogens with one attached hydrogen (secondary N) is 1. The van der Waals surface area contributed by atoms with Crippen LogP contribution < -0.4 is 5.32 Å². The first-order valence-corrected chi connectivity index (χ1v) is 8.44. The van der Waals surface area contributed by atoms with Gasteiger partial charge in [0.15, 0.2) is 0 Å². The van der Waals surface area contributed by atoms with Crippen LogP contribution in [0.3, 0.4) is 0 Å². The molecule has 20 heavy (non-hydrogen) atoms. The van der Waals surface area contributed by atoms with Crippen LogP contribution in [-0.4, -0.2) is 61.5 Å². The Morgan fingerprint density at radius 2 is 1.90 bits per heavy atom. The Morgan fingerprint density at radius 1 is 1.15 bits per heavy atom. The highest BCUT2D eigenvalue weighted by molar-refractivity contribution is 5.80. The van der Waals surface area contributed by atoms with E-state index in [0.29, 0.717) is 11.8 Å². The highest BCUT2D eigenvalue weighted by atomic mass is 16.2. The van der Waals surface area contributed by atoms with Crippen LogP contribution in [0.25, 0.3) is 0 Å². The quantitative estimate of drug-likeness (QED) is 0.842. The molecule has 1 N–H and O–H groups in total. The molecular weight excluding hydrogens is 250 g/mol. The molecule has 0 spiro atoms. The predicted octanol–water partition coefficient (Wildman–Crippen LogP) is 1.18. The lowest BCUT2D eigenvalue weighted by Crippen LogP contribution is -2.54. The summed E-state index contributed by atoms with van der Waals surface area (Å²) < 4.78 is 0. The fraction of sp³-hybridized carbons (Fsp3) is 0.938. The van der Waals surface area contributed by atoms with Crippen LogP contribution in [0.15, 0.2) is 0 Å². The minimum atomic E-state index is 0.268. The Kier molecular flexibility index (Phi) is 4.61. The van der Waals surface area contributed by atoms with E-state index in [0.717, 1.165) is 32.1 Å². The summed E-state index contributed by atoms with van der Waals surface area (Å²) in [4.78, 5) is 17.1. The molecule has 0 aromatic carbocycles. The number of amides is 1. The molecular formula is C16H29N3O. The lowest BCUT2D eigenvalue weighted by molar-refractivity contribution is -0.139. The van der Waals surface area contributed by atoms with Gasteiger partial charge in [-0.2, -0.15) is 0 Å². The maximum Gasteiger partial charge on any atom is 0.228 e. The highest BCUT2D eigenvalue weighted by Crippen LogP contribution is 2.23. The Hall–Kier alpha value is -0.610. The molecule has 4 nitrogen and oxygen atoms in total. The zero-order valence-electron chi connectivity index (χ0n) is 12.8. The monoisotopic (exact) mass is 279 g/mol. The van der Waals surface area contributed by atoms with Crippen molar-refractivity contribution < 1.29 is 4.79 Å². The summed E-state index contributed by atoms with van der Waals surface area (Å²) in [6.07, 6.45) is 5.20. The van der Waals surface area contributed by atoms with Gasteiger partial charge < -0.3 is 15.1 Å². The molecule has 0 saturated carbocycles. The molecule has 0 aromatic heterocycles. The van der Waals surface area contributed by atoms with Crippen LogP contribution in [0.1, 0.15) is 32.6 Å². The maximum atomic E-state index is 12.3. The highest BCUT2D eigenvalue weighted by Gasteiger charge is 2.32. The van der Waals surface area contributed by atoms with Crippen molar-refractivity contribution in [3.63, 3.8) is 0 Å². The van der Waals surface area contributed by atoms with Gasteiger partial charge in [0.25, 0.3) is 0 Å². The third-order valence-corrected chi connectivity index (χ3v) is 5.35. The molecule has 1 amide bonds. The smallest absolute Gasteiger partial charge is 0.228 e. The van der Waals surface area contributed by atoms with Crippen LogP contribution >= 0.6 is 0 Å². The Balaban J connectivity index is 1.46. The second-order valence-corrected chi connectivity index (χ2v) is 7.13. The number of carbonyl (C=O) groups excluding carboxylic acids is 1. The molecule has 3 heterocycles. The van der Waals surface area contributed by atoms with Gasteiger partial charge in [0.2, 0.25) is 5.91 Å². The minimum absolute atomic E-state index is 0.268. The standard InChI is InChI=1S/C16H29N3O/c1-13-4-7-18(8-5-13)11-14-3-2-6-19(12-14)16(20)15-9-17-10-15/h13-15,17H,2-12H2,1H3. The van der Waals surface area contributed by atoms with E-state index in [-0.39, 0.29) is 5.92 Å². The van der Waals surface area contributed by atoms with E-state index in [9.17, 15) is 4.79 Å². The number of piperidine rings is 2. The van der Waals surface area contributed by atoms with Gasteiger partial charge in [-0.15, -0.1) is 0 Å². The summed E-state index contributed by atoms with van der Waals surface area (Å²) in [5.41, 5.74) is 0. The van der Waals surface area contributed by atoms with Crippen LogP contribution in [0.5, 0.6) is 0 Å². The predicted molar refractivity (Wildman–Crippen MR) is 80.5 cm³/mol. The molecule has 0 aromatic rings. The number of carbonyl (C=O) groups is 1. The zero-order chi connectivity index (χ0) is 13.9. The summed E-state index contributed by atoms with van der Waals surface area (Å²) in [6, 6.07) is 0. The molecule has 3 aliphatic heterocycles. The van der Waals surface area contributed by atoms with Crippen molar-refractivity contribution in [2.24, 2.45) is 17.8 Å². The number of rotatable bonds is 3. The van der Waals surface area contributed by atoms with Gasteiger partial charge in [0.1, 0.15) is 0 Å². The summed E-state index contributed by atoms with van der Waals surface area (Å²) in [5, 5.41) is 3.21. The lowest BCUT2D eigenvalue weighted by atomic mass is 9.93. The summed E-state index contributed by atoms with van der Waals surface area (Å²) in [7, 11) is 0. The molecule has 4 heteroatoms. The Labute approximate surface area is 122 Å². The SMILES string of the molecule is CC1CCN(CC2CCCN(C(=O)C3CNC3)C2)CC1. The van der Waals surface area contributed by atoms with Gasteiger partial charge in [-0.1, -0.05) is 6.92 Å². The fourth-order valence-electron chi connectivity index (χ4n) is 3.75. The number of likely N-dealkylation sites (tertiary alicyclic amines) is 2. The van der Waals surface area contributed by atoms with E-state index in [4.69, 9.17) is 0 Å². The zero-order valence-corrected chi connectivity index (χ0v) is 12.8. The van der Waals surface area contributed by atoms with Crippen molar-refractivity contribution in [3.05, 3.63) is 0 Å². The van der Waals surface area contributed by atoms with E-state index in [1.54, 1.807) is 0 Å². The molecule has 1 atom stereocenters. The van der Waals surface area contributed by atoms with Crippen molar-refractivity contribution in [2.45, 2.75) is 32.6 Å². The topological polar surface area (TPSA) is 35.6 Å². The first-order chi connectivity index (χ1) is 9.72. The van der Waals surface area contributed by atoms with E-state index in [1.807, 2.05) is 0 Å². The molecule has 3 rings (SSSR count). The lowest BCUT2D eigenvalue weighted by Gasteiger charge is -2.40. The average molecular weight is 279 g/mol. The van der Waals surface area contributed by atoms with E-state index < -0.39 is 0 Å². The molecule has 3 aliphatic rings. The molecule has 114 valence electrons. The second kappa shape index (κ2) is 6.44. The molecule has 1 unspecified atom stereocenters. The molecule has 0 radical (unpaired) electrons. The van der Waals surface area contributed by atoms with Crippen molar-refractivity contribution in [1.29, 1.82) is 0 Å². The van der Waals surface area contributed by atoms with Crippen molar-refractivity contribution in [2.75, 3.05) is 45.8 Å². The average Bonchev–Trinajstić information content (AvgIpc) is 2.40. The van der Waals surface area contributed by atoms with Crippen LogP contribution in [-0.2, 0) is 4.79 Å². The van der Waals surface area contributed by atoms with Crippen molar-refractivity contribution >= 4 is 5.91 Å². The number of hydrogen-bond donors (Lipinski definition) is 1. The first kappa shape index (κ1) is 14.3. The molecule has 3 saturated heterocycles. The number of hydrogen-bond acceptors (Lipinski definition) is 3. The second-order valence-electron chi connectivity index (χ2n) is 7.13. The van der Waals surface area contributed by atoms with Crippen LogP contribution in [0.4, 0.5) is 0 Å². The summed E-state index contributed by atoms with van der Waals surface area (Å²) in [5.74, 6) is 2.28. The normalized spacial score (nSPS) is 30.2. The fourth-order valence-corrected chi connectivity index (χ4v) is 3.75. The number of nitrogens with zero attached hydrogens (tertiary/aromatic N) is 2. The van der Waals surface area contributed by atoms with Gasteiger partial charge in [-0.05, 0) is 50.6 Å². The Morgan fingerprint density at radius 3 is 2.55 bits per heavy atom. The molecule has 0 aliphatic carbocycles. The third-order valence-electron chi connectivity index (χ3n) is 5.35. The third kappa shape index (κ3) is 3.34. The molecule has 3 fully saturated rings. The van der Waals surface area contributed by atoms with Gasteiger partial charge in [0, 0.05) is 32.7 Å². The maximum absolute atomic E-state index is 12.3. The summed E-state index contributed by atoms with van der Waals surface area (Å²) in [6.45, 7) is 9.87. The van der Waals surface area contributed by atoms with E-state index >= 15 is 0 Å². The van der Waals surface area contributed by atoms with Gasteiger partial charge in [-0.3, -0.25) is 4.79 Å². The van der Waals surface area contributed by atoms with Gasteiger partial charge >= 0.3 is 0 Å². The van der Waals surface area contributed by atoms with Crippen molar-refractivity contribution in [3.8, 4) is 0 Å². The minimum Gasteiger partial charge on any atom is -0.342 e. The van der Waals surface area contributed by atoms with Crippen LogP contribution in [0, 0.1) is 17.8 Å². The van der Waals surface area contributed by atoms with E-state index in [1.165, 1.54) is 45.3 Å². The summed E-state index contributed by atoms with van der Waals surface area (Å²) >= 11 is 0.